The van der Waals surface area contributed by atoms with Gasteiger partial charge in [-0.15, -0.1) is 0 Å². The number of benzene rings is 1. The molecule has 142 valence electrons. The van der Waals surface area contributed by atoms with E-state index in [0.29, 0.717) is 13.1 Å². The van der Waals surface area contributed by atoms with Crippen molar-refractivity contribution in [3.8, 4) is 0 Å². The normalized spacial score (nSPS) is 23.8. The van der Waals surface area contributed by atoms with E-state index in [2.05, 4.69) is 10.6 Å². The van der Waals surface area contributed by atoms with Gasteiger partial charge in [-0.3, -0.25) is 4.90 Å². The van der Waals surface area contributed by atoms with E-state index < -0.39 is 0 Å². The fourth-order valence-corrected chi connectivity index (χ4v) is 4.01. The molecule has 7 nitrogen and oxygen atoms in total. The lowest BCUT2D eigenvalue weighted by Crippen LogP contribution is -2.72. The minimum absolute atomic E-state index is 0.0305. The number of rotatable bonds is 4. The van der Waals surface area contributed by atoms with Crippen molar-refractivity contribution in [1.82, 2.24) is 15.5 Å². The fraction of sp³-hybridized carbons (Fsp3) is 0.579. The number of likely N-dealkylation sites (tertiary alicyclic amines) is 1. The van der Waals surface area contributed by atoms with Gasteiger partial charge in [0.05, 0.1) is 18.7 Å². The molecule has 3 rings (SSSR count). The maximum absolute atomic E-state index is 12.7. The third-order valence-electron chi connectivity index (χ3n) is 5.11. The number of amides is 4. The summed E-state index contributed by atoms with van der Waals surface area (Å²) in [6.07, 6.45) is 0.850. The monoisotopic (exact) mass is 360 g/mol. The number of urea groups is 2. The van der Waals surface area contributed by atoms with Crippen LogP contribution in [0.2, 0.25) is 0 Å². The van der Waals surface area contributed by atoms with Crippen molar-refractivity contribution in [2.75, 3.05) is 24.6 Å². The number of aliphatic hydroxyl groups excluding tert-OH is 1. The summed E-state index contributed by atoms with van der Waals surface area (Å²) in [6.45, 7) is 6.78. The van der Waals surface area contributed by atoms with Crippen LogP contribution in [0, 0.1) is 0 Å². The Hall–Kier alpha value is -2.28. The average Bonchev–Trinajstić information content (AvgIpc) is 2.59. The summed E-state index contributed by atoms with van der Waals surface area (Å²) in [5.74, 6) is 0.0478. The summed E-state index contributed by atoms with van der Waals surface area (Å²) in [6, 6.07) is 7.09. The molecule has 0 spiro atoms. The van der Waals surface area contributed by atoms with Gasteiger partial charge in [-0.2, -0.15) is 0 Å². The Morgan fingerprint density at radius 1 is 1.27 bits per heavy atom. The summed E-state index contributed by atoms with van der Waals surface area (Å²) >= 11 is 0. The second-order valence-electron chi connectivity index (χ2n) is 7.26. The van der Waals surface area contributed by atoms with Crippen molar-refractivity contribution in [1.29, 1.82) is 0 Å². The molecule has 1 aromatic carbocycles. The summed E-state index contributed by atoms with van der Waals surface area (Å²) in [7, 11) is 0. The summed E-state index contributed by atoms with van der Waals surface area (Å²) < 4.78 is 0. The number of fused-ring (bicyclic) bond motifs is 3. The Bertz CT molecular complexity index is 679. The third-order valence-corrected chi connectivity index (χ3v) is 5.11. The van der Waals surface area contributed by atoms with Crippen LogP contribution >= 0.6 is 0 Å². The lowest BCUT2D eigenvalue weighted by molar-refractivity contribution is -0.00689. The number of hydrogen-bond donors (Lipinski definition) is 3. The van der Waals surface area contributed by atoms with E-state index in [0.717, 1.165) is 17.7 Å². The van der Waals surface area contributed by atoms with Crippen LogP contribution in [0.5, 0.6) is 0 Å². The van der Waals surface area contributed by atoms with Gasteiger partial charge in [0, 0.05) is 30.7 Å². The molecule has 0 aliphatic carbocycles. The molecule has 0 radical (unpaired) electrons. The lowest BCUT2D eigenvalue weighted by atomic mass is 9.72. The quantitative estimate of drug-likeness (QED) is 0.766. The predicted octanol–water partition coefficient (Wildman–Crippen LogP) is 1.87. The molecule has 3 atom stereocenters. The summed E-state index contributed by atoms with van der Waals surface area (Å²) in [5.41, 5.74) is 1.88. The van der Waals surface area contributed by atoms with Crippen molar-refractivity contribution in [2.45, 2.75) is 51.2 Å². The highest BCUT2D eigenvalue weighted by atomic mass is 16.3. The van der Waals surface area contributed by atoms with E-state index >= 15 is 0 Å². The van der Waals surface area contributed by atoms with Gasteiger partial charge in [-0.25, -0.2) is 9.59 Å². The van der Waals surface area contributed by atoms with E-state index in [1.807, 2.05) is 45.0 Å². The number of nitrogens with one attached hydrogen (secondary N) is 2. The van der Waals surface area contributed by atoms with E-state index in [1.165, 1.54) is 0 Å². The van der Waals surface area contributed by atoms with Gasteiger partial charge < -0.3 is 20.6 Å². The molecule has 1 fully saturated rings. The maximum atomic E-state index is 12.7. The van der Waals surface area contributed by atoms with Crippen LogP contribution in [-0.2, 0) is 0 Å². The first-order chi connectivity index (χ1) is 12.5. The zero-order valence-corrected chi connectivity index (χ0v) is 15.6. The number of hydrogen-bond acceptors (Lipinski definition) is 3. The van der Waals surface area contributed by atoms with Crippen LogP contribution in [-0.4, -0.2) is 59.9 Å². The molecule has 0 bridgehead atoms. The van der Waals surface area contributed by atoms with Crippen LogP contribution in [0.1, 0.15) is 38.7 Å². The van der Waals surface area contributed by atoms with E-state index in [1.54, 1.807) is 9.80 Å². The SMILES string of the molecule is CCCNC(=O)N1[C@H](CO)[C@H]2c3ccccc3N(C(=O)NC(C)C)C[C@H]21. The van der Waals surface area contributed by atoms with Crippen molar-refractivity contribution >= 4 is 17.7 Å². The van der Waals surface area contributed by atoms with Crippen LogP contribution in [0.15, 0.2) is 24.3 Å². The van der Waals surface area contributed by atoms with E-state index in [9.17, 15) is 14.7 Å². The Morgan fingerprint density at radius 3 is 2.65 bits per heavy atom. The highest BCUT2D eigenvalue weighted by molar-refractivity contribution is 5.94. The van der Waals surface area contributed by atoms with Crippen molar-refractivity contribution in [3.63, 3.8) is 0 Å². The molecule has 0 saturated carbocycles. The fourth-order valence-electron chi connectivity index (χ4n) is 4.01. The molecule has 0 unspecified atom stereocenters. The number of para-hydroxylation sites is 1. The highest BCUT2D eigenvalue weighted by Gasteiger charge is 2.55. The smallest absolute Gasteiger partial charge is 0.322 e. The van der Waals surface area contributed by atoms with Crippen LogP contribution in [0.25, 0.3) is 0 Å². The second-order valence-corrected chi connectivity index (χ2v) is 7.26. The predicted molar refractivity (Wildman–Crippen MR) is 100 cm³/mol. The minimum atomic E-state index is -0.256. The molecule has 2 heterocycles. The molecular weight excluding hydrogens is 332 g/mol. The lowest BCUT2D eigenvalue weighted by Gasteiger charge is -2.58. The number of nitrogens with zero attached hydrogens (tertiary/aromatic N) is 2. The van der Waals surface area contributed by atoms with Gasteiger partial charge in [-0.05, 0) is 31.9 Å². The maximum Gasteiger partial charge on any atom is 0.322 e. The molecule has 1 saturated heterocycles. The topological polar surface area (TPSA) is 84.9 Å². The minimum Gasteiger partial charge on any atom is -0.394 e. The molecule has 1 aromatic rings. The number of aliphatic hydroxyl groups is 1. The largest absolute Gasteiger partial charge is 0.394 e. The summed E-state index contributed by atoms with van der Waals surface area (Å²) in [5, 5.41) is 15.7. The highest BCUT2D eigenvalue weighted by Crippen LogP contribution is 2.48. The average molecular weight is 360 g/mol. The van der Waals surface area contributed by atoms with Gasteiger partial charge >= 0.3 is 12.1 Å². The third kappa shape index (κ3) is 3.11. The Morgan fingerprint density at radius 2 is 2.00 bits per heavy atom. The molecule has 2 aliphatic rings. The number of anilines is 1. The molecule has 3 N–H and O–H groups in total. The molecular formula is C19H28N4O3. The van der Waals surface area contributed by atoms with E-state index in [4.69, 9.17) is 0 Å². The Kier molecular flexibility index (Phi) is 5.36. The molecule has 4 amide bonds. The number of carbonyl (C=O) groups excluding carboxylic acids is 2. The first-order valence-corrected chi connectivity index (χ1v) is 9.33. The van der Waals surface area contributed by atoms with Crippen molar-refractivity contribution < 1.29 is 14.7 Å². The summed E-state index contributed by atoms with van der Waals surface area (Å²) in [4.78, 5) is 28.7. The van der Waals surface area contributed by atoms with Crippen LogP contribution in [0.3, 0.4) is 0 Å². The van der Waals surface area contributed by atoms with Gasteiger partial charge in [-0.1, -0.05) is 25.1 Å². The Labute approximate surface area is 154 Å². The molecule has 26 heavy (non-hydrogen) atoms. The van der Waals surface area contributed by atoms with E-state index in [-0.39, 0.29) is 42.7 Å². The molecule has 0 aromatic heterocycles. The first kappa shape index (κ1) is 18.5. The Balaban J connectivity index is 1.90. The zero-order valence-electron chi connectivity index (χ0n) is 15.6. The standard InChI is InChI=1S/C19H28N4O3/c1-4-9-20-18(25)23-15-10-22(19(26)21-12(2)3)14-8-6-5-7-13(14)17(15)16(23)11-24/h5-8,12,15-17,24H,4,9-11H2,1-3H3,(H,20,25)(H,21,26)/t15-,16-,17+/m1/s1. The van der Waals surface area contributed by atoms with Gasteiger partial charge in [0.25, 0.3) is 0 Å². The molecule has 7 heteroatoms. The van der Waals surface area contributed by atoms with Gasteiger partial charge in [0.1, 0.15) is 0 Å². The first-order valence-electron chi connectivity index (χ1n) is 9.33. The van der Waals surface area contributed by atoms with Crippen LogP contribution in [0.4, 0.5) is 15.3 Å². The second kappa shape index (κ2) is 7.53. The van der Waals surface area contributed by atoms with Crippen molar-refractivity contribution in [3.05, 3.63) is 29.8 Å². The number of carbonyl (C=O) groups is 2. The zero-order chi connectivity index (χ0) is 18.8. The van der Waals surface area contributed by atoms with Crippen molar-refractivity contribution in [2.24, 2.45) is 0 Å². The van der Waals surface area contributed by atoms with Gasteiger partial charge in [0.15, 0.2) is 0 Å². The molecule has 2 aliphatic heterocycles. The van der Waals surface area contributed by atoms with Crippen LogP contribution < -0.4 is 15.5 Å². The van der Waals surface area contributed by atoms with Gasteiger partial charge in [0.2, 0.25) is 0 Å².